The van der Waals surface area contributed by atoms with E-state index in [-0.39, 0.29) is 12.3 Å². The molecule has 0 saturated carbocycles. The molecule has 1 saturated heterocycles. The van der Waals surface area contributed by atoms with Crippen LogP contribution in [0.1, 0.15) is 54.2 Å². The second-order valence-electron chi connectivity index (χ2n) is 8.64. The van der Waals surface area contributed by atoms with Crippen LogP contribution in [0, 0.1) is 0 Å². The van der Waals surface area contributed by atoms with E-state index in [2.05, 4.69) is 56.5 Å². The third-order valence-electron chi connectivity index (χ3n) is 6.11. The van der Waals surface area contributed by atoms with Crippen LogP contribution < -0.4 is 5.73 Å². The molecule has 0 radical (unpaired) electrons. The van der Waals surface area contributed by atoms with Crippen LogP contribution >= 0.6 is 0 Å². The average molecular weight is 408 g/mol. The predicted molar refractivity (Wildman–Crippen MR) is 111 cm³/mol. The van der Waals surface area contributed by atoms with Crippen LogP contribution in [-0.4, -0.2) is 51.8 Å². The summed E-state index contributed by atoms with van der Waals surface area (Å²) < 4.78 is 14.6. The normalized spacial score (nSPS) is 23.6. The van der Waals surface area contributed by atoms with E-state index in [0.717, 1.165) is 0 Å². The van der Waals surface area contributed by atoms with Gasteiger partial charge in [-0.1, -0.05) is 41.5 Å². The van der Waals surface area contributed by atoms with E-state index in [1.165, 1.54) is 6.33 Å². The fourth-order valence-corrected chi connectivity index (χ4v) is 10.3. The lowest BCUT2D eigenvalue weighted by Gasteiger charge is -2.42. The SMILES string of the molecule is CC(C)[Si](OCC1OC(n2cnc3c(N)ncnc32)CC1O)(C(C)C)C(C)C. The molecule has 156 valence electrons. The monoisotopic (exact) mass is 407 g/mol. The number of fused-ring (bicyclic) bond motifs is 1. The number of anilines is 1. The molecule has 3 heterocycles. The van der Waals surface area contributed by atoms with Crippen molar-refractivity contribution in [1.29, 1.82) is 0 Å². The van der Waals surface area contributed by atoms with Crippen LogP contribution in [0.15, 0.2) is 12.7 Å². The van der Waals surface area contributed by atoms with Crippen LogP contribution in [0.4, 0.5) is 5.82 Å². The minimum absolute atomic E-state index is 0.337. The second-order valence-corrected chi connectivity index (χ2v) is 14.1. The Morgan fingerprint density at radius 2 is 1.82 bits per heavy atom. The molecule has 0 aromatic carbocycles. The first-order chi connectivity index (χ1) is 13.2. The molecule has 3 N–H and O–H groups in total. The zero-order valence-corrected chi connectivity index (χ0v) is 18.7. The first kappa shape index (κ1) is 21.2. The third kappa shape index (κ3) is 3.56. The van der Waals surface area contributed by atoms with Crippen molar-refractivity contribution in [1.82, 2.24) is 19.5 Å². The molecule has 8 nitrogen and oxygen atoms in total. The van der Waals surface area contributed by atoms with E-state index in [4.69, 9.17) is 14.9 Å². The first-order valence-corrected chi connectivity index (χ1v) is 12.2. The van der Waals surface area contributed by atoms with E-state index in [9.17, 15) is 5.11 Å². The lowest BCUT2D eigenvalue weighted by Crippen LogP contribution is -2.49. The van der Waals surface area contributed by atoms with E-state index >= 15 is 0 Å². The lowest BCUT2D eigenvalue weighted by atomic mass is 10.2. The summed E-state index contributed by atoms with van der Waals surface area (Å²) >= 11 is 0. The molecule has 3 unspecified atom stereocenters. The average Bonchev–Trinajstić information content (AvgIpc) is 3.19. The van der Waals surface area contributed by atoms with Gasteiger partial charge in [0.25, 0.3) is 0 Å². The molecule has 9 heteroatoms. The number of nitrogen functional groups attached to an aromatic ring is 1. The van der Waals surface area contributed by atoms with Crippen molar-refractivity contribution in [3.63, 3.8) is 0 Å². The summed E-state index contributed by atoms with van der Waals surface area (Å²) in [6.45, 7) is 13.9. The Kier molecular flexibility index (Phi) is 6.09. The highest BCUT2D eigenvalue weighted by molar-refractivity contribution is 6.77. The fourth-order valence-electron chi connectivity index (χ4n) is 4.84. The van der Waals surface area contributed by atoms with Gasteiger partial charge in [-0.2, -0.15) is 0 Å². The molecule has 28 heavy (non-hydrogen) atoms. The number of hydrogen-bond acceptors (Lipinski definition) is 7. The van der Waals surface area contributed by atoms with Gasteiger partial charge in [-0.3, -0.25) is 4.57 Å². The third-order valence-corrected chi connectivity index (χ3v) is 12.2. The topological polar surface area (TPSA) is 108 Å². The molecule has 0 aliphatic carbocycles. The maximum Gasteiger partial charge on any atom is 0.200 e. The Labute approximate surface area is 167 Å². The predicted octanol–water partition coefficient (Wildman–Crippen LogP) is 3.25. The molecule has 2 aromatic rings. The molecular weight excluding hydrogens is 374 g/mol. The molecule has 1 aliphatic heterocycles. The van der Waals surface area contributed by atoms with Gasteiger partial charge in [0.1, 0.15) is 24.2 Å². The Morgan fingerprint density at radius 1 is 1.18 bits per heavy atom. The zero-order chi connectivity index (χ0) is 20.6. The molecule has 0 bridgehead atoms. The molecule has 0 amide bonds. The second kappa shape index (κ2) is 8.06. The van der Waals surface area contributed by atoms with E-state index in [0.29, 0.717) is 46.6 Å². The highest BCUT2D eigenvalue weighted by Crippen LogP contribution is 2.43. The minimum atomic E-state index is -2.01. The summed E-state index contributed by atoms with van der Waals surface area (Å²) in [6, 6.07) is 0. The number of aliphatic hydroxyl groups is 1. The van der Waals surface area contributed by atoms with E-state index < -0.39 is 14.4 Å². The van der Waals surface area contributed by atoms with Crippen molar-refractivity contribution >= 4 is 25.3 Å². The van der Waals surface area contributed by atoms with E-state index in [1.807, 2.05) is 4.57 Å². The van der Waals surface area contributed by atoms with Gasteiger partial charge in [0.2, 0.25) is 0 Å². The molecule has 3 atom stereocenters. The molecule has 1 fully saturated rings. The quantitative estimate of drug-likeness (QED) is 0.678. The molecule has 3 rings (SSSR count). The molecule has 1 aliphatic rings. The maximum absolute atomic E-state index is 10.6. The summed E-state index contributed by atoms with van der Waals surface area (Å²) in [5.74, 6) is 0.337. The van der Waals surface area contributed by atoms with Crippen molar-refractivity contribution < 1.29 is 14.3 Å². The van der Waals surface area contributed by atoms with Crippen molar-refractivity contribution in [2.45, 2.75) is 83.0 Å². The maximum atomic E-state index is 10.6. The van der Waals surface area contributed by atoms with Crippen molar-refractivity contribution in [2.24, 2.45) is 0 Å². The van der Waals surface area contributed by atoms with Crippen molar-refractivity contribution in [3.05, 3.63) is 12.7 Å². The van der Waals surface area contributed by atoms with Crippen LogP contribution in [0.5, 0.6) is 0 Å². The zero-order valence-electron chi connectivity index (χ0n) is 17.7. The number of nitrogens with zero attached hydrogens (tertiary/aromatic N) is 4. The number of nitrogens with two attached hydrogens (primary N) is 1. The smallest absolute Gasteiger partial charge is 0.200 e. The summed E-state index contributed by atoms with van der Waals surface area (Å²) in [6.07, 6.45) is 2.20. The highest BCUT2D eigenvalue weighted by atomic mass is 28.4. The van der Waals surface area contributed by atoms with Gasteiger partial charge in [-0.25, -0.2) is 15.0 Å². The van der Waals surface area contributed by atoms with Crippen molar-refractivity contribution in [2.75, 3.05) is 12.3 Å². The first-order valence-electron chi connectivity index (χ1n) is 10.1. The van der Waals surface area contributed by atoms with E-state index in [1.54, 1.807) is 6.33 Å². The highest BCUT2D eigenvalue weighted by Gasteiger charge is 2.46. The van der Waals surface area contributed by atoms with Gasteiger partial charge >= 0.3 is 0 Å². The Balaban J connectivity index is 1.76. The lowest BCUT2D eigenvalue weighted by molar-refractivity contribution is -0.0411. The van der Waals surface area contributed by atoms with Gasteiger partial charge in [0, 0.05) is 6.42 Å². The standard InChI is InChI=1S/C19H33N5O3Si/c1-11(2)28(12(3)4,13(5)6)26-8-15-14(25)7-16(27-15)24-10-23-17-18(20)21-9-22-19(17)24/h9-16,25H,7-8H2,1-6H3,(H2,20,21,22). The number of imidazole rings is 1. The van der Waals surface area contributed by atoms with Gasteiger partial charge in [0.15, 0.2) is 19.8 Å². The van der Waals surface area contributed by atoms with Gasteiger partial charge in [0.05, 0.1) is 19.0 Å². The van der Waals surface area contributed by atoms with Crippen LogP contribution in [0.3, 0.4) is 0 Å². The summed E-state index contributed by atoms with van der Waals surface area (Å²) in [5.41, 5.74) is 8.49. The number of hydrogen-bond donors (Lipinski definition) is 2. The van der Waals surface area contributed by atoms with Crippen LogP contribution in [0.25, 0.3) is 11.2 Å². The van der Waals surface area contributed by atoms with Crippen LogP contribution in [0.2, 0.25) is 16.6 Å². The van der Waals surface area contributed by atoms with Gasteiger partial charge < -0.3 is 20.0 Å². The van der Waals surface area contributed by atoms with Gasteiger partial charge in [-0.05, 0) is 16.6 Å². The van der Waals surface area contributed by atoms with Crippen LogP contribution in [-0.2, 0) is 9.16 Å². The molecule has 2 aromatic heterocycles. The molecule has 0 spiro atoms. The minimum Gasteiger partial charge on any atom is -0.413 e. The number of rotatable bonds is 7. The Morgan fingerprint density at radius 3 is 2.43 bits per heavy atom. The summed E-state index contributed by atoms with van der Waals surface area (Å²) in [5, 5.41) is 10.6. The largest absolute Gasteiger partial charge is 0.413 e. The summed E-state index contributed by atoms with van der Waals surface area (Å²) in [4.78, 5) is 12.5. The fraction of sp³-hybridized carbons (Fsp3) is 0.737. The summed E-state index contributed by atoms with van der Waals surface area (Å²) in [7, 11) is -2.01. The number of aromatic nitrogens is 4. The van der Waals surface area contributed by atoms with Crippen molar-refractivity contribution in [3.8, 4) is 0 Å². The number of ether oxygens (including phenoxy) is 1. The Bertz CT molecular complexity index is 788. The Hall–Kier alpha value is -1.55. The molecular formula is C19H33N5O3Si. The van der Waals surface area contributed by atoms with Gasteiger partial charge in [-0.15, -0.1) is 0 Å². The number of aliphatic hydroxyl groups excluding tert-OH is 1.